The monoisotopic (exact) mass is 362 g/mol. The molecule has 0 spiro atoms. The summed E-state index contributed by atoms with van der Waals surface area (Å²) in [4.78, 5) is 30.2. The maximum absolute atomic E-state index is 10.1. The molecule has 13 heteroatoms. The molecule has 1 aliphatic rings. The summed E-state index contributed by atoms with van der Waals surface area (Å²) < 4.78 is 11.9. The fraction of sp³-hybridized carbons (Fsp3) is 0.500. The average molecular weight is 362 g/mol. The number of ether oxygens (including phenoxy) is 1. The molecule has 2 aromatic rings. The van der Waals surface area contributed by atoms with Gasteiger partial charge in [-0.2, -0.15) is 0 Å². The summed E-state index contributed by atoms with van der Waals surface area (Å²) in [6.45, 7) is -4.15. The highest BCUT2D eigenvalue weighted by atomic mass is 32.5. The molecule has 0 amide bonds. The van der Waals surface area contributed by atoms with Crippen LogP contribution in [0.2, 0.25) is 0 Å². The molecule has 0 bridgehead atoms. The zero-order valence-corrected chi connectivity index (χ0v) is 13.3. The highest BCUT2D eigenvalue weighted by Gasteiger charge is 2.43. The van der Waals surface area contributed by atoms with E-state index in [4.69, 9.17) is 30.5 Å². The Hall–Kier alpha value is -1.24. The van der Waals surface area contributed by atoms with Crippen LogP contribution in [0.25, 0.3) is 11.2 Å². The summed E-state index contributed by atoms with van der Waals surface area (Å²) in [5.41, 5.74) is 12.5. The van der Waals surface area contributed by atoms with Crippen molar-refractivity contribution in [2.45, 2.75) is 24.5 Å². The van der Waals surface area contributed by atoms with Crippen LogP contribution in [0, 0.1) is 0 Å². The van der Waals surface area contributed by atoms with E-state index in [-0.39, 0.29) is 12.4 Å². The van der Waals surface area contributed by atoms with Gasteiger partial charge in [-0.25, -0.2) is 15.0 Å². The molecule has 7 N–H and O–H groups in total. The minimum atomic E-state index is -3.84. The topological polar surface area (TPSA) is 175 Å². The van der Waals surface area contributed by atoms with Crippen LogP contribution in [0.4, 0.5) is 5.82 Å². The molecule has 0 unspecified atom stereocenters. The predicted octanol–water partition coefficient (Wildman–Crippen LogP) is -1.78. The van der Waals surface area contributed by atoms with Crippen molar-refractivity contribution in [3.8, 4) is 0 Å². The average Bonchev–Trinajstić information content (AvgIpc) is 3.01. The van der Waals surface area contributed by atoms with Gasteiger partial charge in [0.05, 0.1) is 19.0 Å². The van der Waals surface area contributed by atoms with Gasteiger partial charge in [0.1, 0.15) is 24.1 Å². The number of hydrogen-bond donors (Lipinski definition) is 5. The van der Waals surface area contributed by atoms with Gasteiger partial charge in [0.25, 0.3) is 0 Å². The van der Waals surface area contributed by atoms with Crippen LogP contribution in [0.5, 0.6) is 0 Å². The second-order valence-corrected chi connectivity index (χ2v) is 7.67. The number of nitrogen functional groups attached to an aromatic ring is 1. The van der Waals surface area contributed by atoms with E-state index in [0.29, 0.717) is 11.2 Å². The largest absolute Gasteiger partial charge is 0.389 e. The first kappa shape index (κ1) is 16.6. The van der Waals surface area contributed by atoms with Crippen LogP contribution in [-0.2, 0) is 21.1 Å². The van der Waals surface area contributed by atoms with Gasteiger partial charge in [-0.15, -0.1) is 0 Å². The number of aliphatic hydroxyl groups is 1. The molecule has 2 aromatic heterocycles. The highest BCUT2D eigenvalue weighted by Crippen LogP contribution is 2.38. The maximum Gasteiger partial charge on any atom is 0.321 e. The van der Waals surface area contributed by atoms with Gasteiger partial charge < -0.3 is 35.6 Å². The van der Waals surface area contributed by atoms with E-state index in [0.717, 1.165) is 0 Å². The van der Waals surface area contributed by atoms with Crippen molar-refractivity contribution in [3.63, 3.8) is 0 Å². The molecule has 4 atom stereocenters. The highest BCUT2D eigenvalue weighted by molar-refractivity contribution is 8.06. The van der Waals surface area contributed by atoms with Gasteiger partial charge in [-0.3, -0.25) is 4.57 Å². The Morgan fingerprint density at radius 2 is 2.13 bits per heavy atom. The van der Waals surface area contributed by atoms with Crippen LogP contribution in [0.3, 0.4) is 0 Å². The molecule has 0 saturated carbocycles. The normalized spacial score (nSPS) is 28.5. The maximum atomic E-state index is 10.1. The van der Waals surface area contributed by atoms with Gasteiger partial charge in [-0.1, -0.05) is 0 Å². The third-order valence-electron chi connectivity index (χ3n) is 3.49. The lowest BCUT2D eigenvalue weighted by molar-refractivity contribution is -0.0404. The zero-order valence-electron chi connectivity index (χ0n) is 11.6. The van der Waals surface area contributed by atoms with Crippen LogP contribution in [0.1, 0.15) is 6.23 Å². The molecule has 23 heavy (non-hydrogen) atoms. The molecule has 1 fully saturated rings. The Kier molecular flexibility index (Phi) is 4.33. The van der Waals surface area contributed by atoms with Crippen molar-refractivity contribution in [1.82, 2.24) is 19.5 Å². The minimum Gasteiger partial charge on any atom is -0.389 e. The van der Waals surface area contributed by atoms with Crippen LogP contribution in [-0.4, -0.2) is 59.3 Å². The second kappa shape index (κ2) is 6.00. The third kappa shape index (κ3) is 3.20. The summed E-state index contributed by atoms with van der Waals surface area (Å²) in [5, 5.41) is 10.1. The Labute approximate surface area is 135 Å². The van der Waals surface area contributed by atoms with Gasteiger partial charge in [0.15, 0.2) is 17.7 Å². The quantitative estimate of drug-likeness (QED) is 0.389. The predicted molar refractivity (Wildman–Crippen MR) is 82.3 cm³/mol. The van der Waals surface area contributed by atoms with E-state index in [1.54, 1.807) is 0 Å². The first-order valence-corrected chi connectivity index (χ1v) is 9.12. The number of aliphatic hydroxyl groups excluding tert-OH is 1. The van der Waals surface area contributed by atoms with Gasteiger partial charge >= 0.3 is 6.72 Å². The Morgan fingerprint density at radius 1 is 1.39 bits per heavy atom. The van der Waals surface area contributed by atoms with E-state index in [2.05, 4.69) is 26.8 Å². The van der Waals surface area contributed by atoms with Crippen LogP contribution in [0.15, 0.2) is 12.7 Å². The number of hydrogen-bond acceptors (Lipinski definition) is 9. The number of nitrogens with zero attached hydrogens (tertiary/aromatic N) is 4. The fourth-order valence-electron chi connectivity index (χ4n) is 2.38. The molecule has 3 heterocycles. The van der Waals surface area contributed by atoms with Crippen LogP contribution >= 0.6 is 6.72 Å². The first-order valence-electron chi connectivity index (χ1n) is 6.50. The smallest absolute Gasteiger partial charge is 0.321 e. The molecular formula is C10H15N6O5PS. The molecule has 1 aliphatic heterocycles. The van der Waals surface area contributed by atoms with Crippen molar-refractivity contribution in [3.05, 3.63) is 12.7 Å². The van der Waals surface area contributed by atoms with E-state index < -0.39 is 31.2 Å². The van der Waals surface area contributed by atoms with E-state index in [9.17, 15) is 5.11 Å². The number of rotatable bonds is 4. The van der Waals surface area contributed by atoms with Crippen molar-refractivity contribution in [2.75, 3.05) is 12.3 Å². The van der Waals surface area contributed by atoms with Crippen molar-refractivity contribution in [2.24, 2.45) is 5.73 Å². The lowest BCUT2D eigenvalue weighted by atomic mass is 10.1. The minimum absolute atomic E-state index is 0.210. The number of nitrogens with two attached hydrogens (primary N) is 2. The summed E-state index contributed by atoms with van der Waals surface area (Å²) in [7, 11) is 0. The van der Waals surface area contributed by atoms with Gasteiger partial charge in [0.2, 0.25) is 0 Å². The third-order valence-corrected chi connectivity index (χ3v) is 4.29. The molecule has 1 saturated heterocycles. The standard InChI is InChI=1S/C10H15N6O5PS/c11-5-7(17)4(1-20-22(18,19)23)21-10(5)16-3-15-6-8(12)13-2-14-9(6)16/h2-5,7,10,17H,1,11H2,(H2,12,13,14)(H2,18,19,23)/t4-,5-,7-,10-/m1/s1. The van der Waals surface area contributed by atoms with E-state index in [1.165, 1.54) is 17.2 Å². The molecule has 3 rings (SSSR count). The molecule has 126 valence electrons. The summed E-state index contributed by atoms with van der Waals surface area (Å²) in [5.74, 6) is 0.210. The lowest BCUT2D eigenvalue weighted by Crippen LogP contribution is -2.40. The molecule has 0 radical (unpaired) electrons. The summed E-state index contributed by atoms with van der Waals surface area (Å²) in [6, 6.07) is -0.813. The van der Waals surface area contributed by atoms with Crippen LogP contribution < -0.4 is 11.5 Å². The molecule has 0 aliphatic carbocycles. The summed E-state index contributed by atoms with van der Waals surface area (Å²) >= 11 is 4.36. The Balaban J connectivity index is 1.85. The molecule has 11 nitrogen and oxygen atoms in total. The number of imidazole rings is 1. The second-order valence-electron chi connectivity index (χ2n) is 5.00. The SMILES string of the molecule is Nc1ncnc2c1ncn2[C@@H]1O[C@H](COP(O)(O)=S)[C@@H](O)[C@H]1N. The van der Waals surface area contributed by atoms with Crippen molar-refractivity contribution in [1.29, 1.82) is 0 Å². The zero-order chi connectivity index (χ0) is 16.8. The lowest BCUT2D eigenvalue weighted by Gasteiger charge is -2.17. The van der Waals surface area contributed by atoms with Gasteiger partial charge in [-0.05, 0) is 11.8 Å². The first-order chi connectivity index (χ1) is 10.8. The van der Waals surface area contributed by atoms with E-state index >= 15 is 0 Å². The fourth-order valence-corrected chi connectivity index (χ4v) is 2.91. The van der Waals surface area contributed by atoms with Gasteiger partial charge in [0, 0.05) is 0 Å². The number of anilines is 1. The summed E-state index contributed by atoms with van der Waals surface area (Å²) in [6.07, 6.45) is -0.0564. The molecule has 0 aromatic carbocycles. The van der Waals surface area contributed by atoms with Crippen molar-refractivity contribution < 1.29 is 24.2 Å². The van der Waals surface area contributed by atoms with E-state index in [1.807, 2.05) is 0 Å². The number of fused-ring (bicyclic) bond motifs is 1. The van der Waals surface area contributed by atoms with Crippen molar-refractivity contribution >= 4 is 35.5 Å². The number of aromatic nitrogens is 4. The Morgan fingerprint density at radius 3 is 2.83 bits per heavy atom. The molecular weight excluding hydrogens is 347 g/mol. The Bertz CT molecular complexity index is 767.